The summed E-state index contributed by atoms with van der Waals surface area (Å²) in [4.78, 5) is 12.3. The zero-order chi connectivity index (χ0) is 14.9. The normalized spacial score (nSPS) is 10.4. The summed E-state index contributed by atoms with van der Waals surface area (Å²) < 4.78 is 1.66. The minimum absolute atomic E-state index is 0.193. The van der Waals surface area contributed by atoms with Crippen LogP contribution < -0.4 is 11.1 Å². The molecule has 0 spiro atoms. The third-order valence-electron chi connectivity index (χ3n) is 2.97. The van der Waals surface area contributed by atoms with Crippen LogP contribution in [0.1, 0.15) is 21.5 Å². The smallest absolute Gasteiger partial charge is 0.255 e. The second-order valence-electron chi connectivity index (χ2n) is 4.63. The molecule has 0 aromatic heterocycles. The fourth-order valence-corrected chi connectivity index (χ4v) is 3.40. The molecule has 0 aliphatic heterocycles. The third kappa shape index (κ3) is 3.22. The molecular formula is C15H14Br2N2O. The molecule has 2 aromatic rings. The molecule has 0 saturated carbocycles. The lowest BCUT2D eigenvalue weighted by molar-refractivity contribution is 0.102. The summed E-state index contributed by atoms with van der Waals surface area (Å²) >= 11 is 6.91. The van der Waals surface area contributed by atoms with Crippen molar-refractivity contribution in [2.24, 2.45) is 0 Å². The largest absolute Gasteiger partial charge is 0.398 e. The topological polar surface area (TPSA) is 55.1 Å². The standard InChI is InChI=1S/C15H14Br2N2O/c1-8-5-11(16)14(12(17)6-8)19-15(20)10-4-3-9(2)13(18)7-10/h3-7H,18H2,1-2H3,(H,19,20). The van der Waals surface area contributed by atoms with Gasteiger partial charge in [-0.15, -0.1) is 0 Å². The maximum absolute atomic E-state index is 12.3. The molecule has 0 bridgehead atoms. The van der Waals surface area contributed by atoms with Gasteiger partial charge in [0.05, 0.1) is 5.69 Å². The van der Waals surface area contributed by atoms with E-state index in [0.717, 1.165) is 20.1 Å². The number of nitrogens with one attached hydrogen (secondary N) is 1. The van der Waals surface area contributed by atoms with Gasteiger partial charge in [-0.05, 0) is 81.1 Å². The van der Waals surface area contributed by atoms with Gasteiger partial charge in [0, 0.05) is 20.2 Å². The van der Waals surface area contributed by atoms with E-state index in [2.05, 4.69) is 37.2 Å². The summed E-state index contributed by atoms with van der Waals surface area (Å²) in [5.41, 5.74) is 9.74. The van der Waals surface area contributed by atoms with E-state index in [1.807, 2.05) is 32.0 Å². The molecule has 0 atom stereocenters. The number of hydrogen-bond donors (Lipinski definition) is 2. The van der Waals surface area contributed by atoms with Crippen LogP contribution in [-0.4, -0.2) is 5.91 Å². The number of carbonyl (C=O) groups excluding carboxylic acids is 1. The highest BCUT2D eigenvalue weighted by Crippen LogP contribution is 2.32. The number of halogens is 2. The second kappa shape index (κ2) is 5.97. The van der Waals surface area contributed by atoms with Crippen molar-refractivity contribution in [3.8, 4) is 0 Å². The van der Waals surface area contributed by atoms with Gasteiger partial charge in [0.1, 0.15) is 0 Å². The lowest BCUT2D eigenvalue weighted by Gasteiger charge is -2.11. The summed E-state index contributed by atoms with van der Waals surface area (Å²) in [7, 11) is 0. The van der Waals surface area contributed by atoms with Crippen molar-refractivity contribution in [2.45, 2.75) is 13.8 Å². The Bertz CT molecular complexity index is 661. The van der Waals surface area contributed by atoms with Gasteiger partial charge in [0.15, 0.2) is 0 Å². The van der Waals surface area contributed by atoms with Gasteiger partial charge < -0.3 is 11.1 Å². The van der Waals surface area contributed by atoms with Crippen LogP contribution in [0.5, 0.6) is 0 Å². The predicted octanol–water partition coefficient (Wildman–Crippen LogP) is 4.66. The number of hydrogen-bond acceptors (Lipinski definition) is 2. The molecule has 3 N–H and O–H groups in total. The summed E-state index contributed by atoms with van der Waals surface area (Å²) in [6, 6.07) is 9.18. The molecule has 104 valence electrons. The number of benzene rings is 2. The number of nitrogen functional groups attached to an aromatic ring is 1. The summed E-state index contributed by atoms with van der Waals surface area (Å²) in [6.07, 6.45) is 0. The molecule has 2 rings (SSSR count). The van der Waals surface area contributed by atoms with Gasteiger partial charge in [-0.25, -0.2) is 0 Å². The molecule has 0 fully saturated rings. The van der Waals surface area contributed by atoms with Crippen LogP contribution in [0.3, 0.4) is 0 Å². The van der Waals surface area contributed by atoms with E-state index in [-0.39, 0.29) is 5.91 Å². The Morgan fingerprint density at radius 2 is 1.70 bits per heavy atom. The monoisotopic (exact) mass is 396 g/mol. The highest BCUT2D eigenvalue weighted by Gasteiger charge is 2.12. The quantitative estimate of drug-likeness (QED) is 0.723. The Morgan fingerprint density at radius 1 is 1.10 bits per heavy atom. The summed E-state index contributed by atoms with van der Waals surface area (Å²) in [5, 5.41) is 2.88. The van der Waals surface area contributed by atoms with Crippen LogP contribution in [0.25, 0.3) is 0 Å². The van der Waals surface area contributed by atoms with E-state index >= 15 is 0 Å². The molecule has 2 aromatic carbocycles. The Labute approximate surface area is 134 Å². The SMILES string of the molecule is Cc1cc(Br)c(NC(=O)c2ccc(C)c(N)c2)c(Br)c1. The van der Waals surface area contributed by atoms with Crippen molar-refractivity contribution in [1.29, 1.82) is 0 Å². The molecular weight excluding hydrogens is 384 g/mol. The second-order valence-corrected chi connectivity index (χ2v) is 6.34. The van der Waals surface area contributed by atoms with E-state index < -0.39 is 0 Å². The number of carbonyl (C=O) groups is 1. The zero-order valence-electron chi connectivity index (χ0n) is 11.1. The average Bonchev–Trinajstić information content (AvgIpc) is 2.36. The van der Waals surface area contributed by atoms with Crippen LogP contribution in [-0.2, 0) is 0 Å². The summed E-state index contributed by atoms with van der Waals surface area (Å²) in [5.74, 6) is -0.193. The Hall–Kier alpha value is -1.33. The van der Waals surface area contributed by atoms with Crippen LogP contribution in [0, 0.1) is 13.8 Å². The van der Waals surface area contributed by atoms with Crippen molar-refractivity contribution < 1.29 is 4.79 Å². The lowest BCUT2D eigenvalue weighted by Crippen LogP contribution is -2.13. The Kier molecular flexibility index (Phi) is 4.50. The molecule has 0 heterocycles. The summed E-state index contributed by atoms with van der Waals surface area (Å²) in [6.45, 7) is 3.89. The first-order valence-corrected chi connectivity index (χ1v) is 7.60. The van der Waals surface area contributed by atoms with Crippen LogP contribution in [0.4, 0.5) is 11.4 Å². The first-order valence-electron chi connectivity index (χ1n) is 6.01. The molecule has 0 radical (unpaired) electrons. The van der Waals surface area contributed by atoms with Crippen LogP contribution in [0.15, 0.2) is 39.3 Å². The molecule has 0 aliphatic carbocycles. The van der Waals surface area contributed by atoms with Gasteiger partial charge in [0.25, 0.3) is 5.91 Å². The van der Waals surface area contributed by atoms with E-state index in [1.54, 1.807) is 12.1 Å². The number of amides is 1. The highest BCUT2D eigenvalue weighted by atomic mass is 79.9. The fourth-order valence-electron chi connectivity index (χ4n) is 1.79. The van der Waals surface area contributed by atoms with Gasteiger partial charge >= 0.3 is 0 Å². The van der Waals surface area contributed by atoms with Gasteiger partial charge in [-0.2, -0.15) is 0 Å². The van der Waals surface area contributed by atoms with Crippen molar-refractivity contribution in [1.82, 2.24) is 0 Å². The maximum atomic E-state index is 12.3. The van der Waals surface area contributed by atoms with E-state index in [9.17, 15) is 4.79 Å². The fraction of sp³-hybridized carbons (Fsp3) is 0.133. The lowest BCUT2D eigenvalue weighted by atomic mass is 10.1. The minimum Gasteiger partial charge on any atom is -0.398 e. The zero-order valence-corrected chi connectivity index (χ0v) is 14.3. The highest BCUT2D eigenvalue weighted by molar-refractivity contribution is 9.11. The predicted molar refractivity (Wildman–Crippen MR) is 90.1 cm³/mol. The number of rotatable bonds is 2. The first kappa shape index (κ1) is 15.1. The van der Waals surface area contributed by atoms with Crippen LogP contribution >= 0.6 is 31.9 Å². The van der Waals surface area contributed by atoms with E-state index in [0.29, 0.717) is 16.9 Å². The van der Waals surface area contributed by atoms with Crippen molar-refractivity contribution in [3.63, 3.8) is 0 Å². The van der Waals surface area contributed by atoms with Crippen molar-refractivity contribution in [3.05, 3.63) is 56.0 Å². The third-order valence-corrected chi connectivity index (χ3v) is 4.22. The molecule has 0 aliphatic rings. The number of aryl methyl sites for hydroxylation is 2. The number of nitrogens with two attached hydrogens (primary N) is 1. The Balaban J connectivity index is 2.30. The van der Waals surface area contributed by atoms with Gasteiger partial charge in [0.2, 0.25) is 0 Å². The molecule has 3 nitrogen and oxygen atoms in total. The Morgan fingerprint density at radius 3 is 2.25 bits per heavy atom. The van der Waals surface area contributed by atoms with E-state index in [1.165, 1.54) is 0 Å². The molecule has 5 heteroatoms. The van der Waals surface area contributed by atoms with Crippen molar-refractivity contribution >= 4 is 49.1 Å². The first-order chi connectivity index (χ1) is 9.38. The van der Waals surface area contributed by atoms with Crippen molar-refractivity contribution in [2.75, 3.05) is 11.1 Å². The van der Waals surface area contributed by atoms with Gasteiger partial charge in [-0.1, -0.05) is 6.07 Å². The molecule has 0 unspecified atom stereocenters. The van der Waals surface area contributed by atoms with E-state index in [4.69, 9.17) is 5.73 Å². The number of anilines is 2. The molecule has 0 saturated heterocycles. The minimum atomic E-state index is -0.193. The molecule has 1 amide bonds. The average molecular weight is 398 g/mol. The van der Waals surface area contributed by atoms with Crippen LogP contribution in [0.2, 0.25) is 0 Å². The van der Waals surface area contributed by atoms with Gasteiger partial charge in [-0.3, -0.25) is 4.79 Å². The molecule has 20 heavy (non-hydrogen) atoms. The maximum Gasteiger partial charge on any atom is 0.255 e.